The molecule has 1 rings (SSSR count). The van der Waals surface area contributed by atoms with E-state index in [1.165, 1.54) is 7.11 Å². The van der Waals surface area contributed by atoms with Crippen molar-refractivity contribution in [1.29, 1.82) is 0 Å². The second kappa shape index (κ2) is 9.00. The van der Waals surface area contributed by atoms with E-state index < -0.39 is 41.5 Å². The third kappa shape index (κ3) is 5.70. The van der Waals surface area contributed by atoms with Gasteiger partial charge in [0.2, 0.25) is 11.8 Å². The van der Waals surface area contributed by atoms with Crippen LogP contribution in [0.15, 0.2) is 12.1 Å². The molecule has 0 saturated heterocycles. The quantitative estimate of drug-likeness (QED) is 0.549. The Balaban J connectivity index is 2.38. The number of methoxy groups -OCH3 is 1. The molecule has 0 spiro atoms. The van der Waals surface area contributed by atoms with Crippen LogP contribution in [0.5, 0.6) is 0 Å². The van der Waals surface area contributed by atoms with Gasteiger partial charge in [-0.2, -0.15) is 0 Å². The third-order valence-corrected chi connectivity index (χ3v) is 2.42. The summed E-state index contributed by atoms with van der Waals surface area (Å²) in [6.07, 6.45) is 0. The van der Waals surface area contributed by atoms with Gasteiger partial charge in [-0.1, -0.05) is 0 Å². The first kappa shape index (κ1) is 17.9. The predicted molar refractivity (Wildman–Crippen MR) is 70.7 cm³/mol. The van der Waals surface area contributed by atoms with Crippen LogP contribution in [-0.2, 0) is 19.1 Å². The molecule has 2 amide bonds. The van der Waals surface area contributed by atoms with Gasteiger partial charge in [0.15, 0.2) is 17.5 Å². The molecule has 0 heterocycles. The number of carbonyl (C=O) groups excluding carboxylic acids is 2. The van der Waals surface area contributed by atoms with E-state index in [0.29, 0.717) is 12.7 Å². The number of rotatable bonds is 8. The zero-order valence-corrected chi connectivity index (χ0v) is 11.8. The van der Waals surface area contributed by atoms with Crippen LogP contribution in [0.1, 0.15) is 0 Å². The van der Waals surface area contributed by atoms with Gasteiger partial charge in [-0.05, 0) is 12.1 Å². The number of carbonyl (C=O) groups is 2. The Kier molecular flexibility index (Phi) is 7.33. The largest absolute Gasteiger partial charge is 0.382 e. The first-order valence-corrected chi connectivity index (χ1v) is 6.22. The van der Waals surface area contributed by atoms with Crippen LogP contribution in [0.2, 0.25) is 0 Å². The molecule has 122 valence electrons. The molecule has 0 atom stereocenters. The maximum Gasteiger partial charge on any atom is 0.246 e. The molecule has 0 fully saturated rings. The Morgan fingerprint density at radius 1 is 1.09 bits per heavy atom. The van der Waals surface area contributed by atoms with Gasteiger partial charge in [-0.25, -0.2) is 13.2 Å². The van der Waals surface area contributed by atoms with Crippen LogP contribution < -0.4 is 10.6 Å². The molecular formula is C13H15F3N2O4. The van der Waals surface area contributed by atoms with Crippen LogP contribution in [-0.4, -0.2) is 45.3 Å². The lowest BCUT2D eigenvalue weighted by atomic mass is 10.2. The van der Waals surface area contributed by atoms with Crippen molar-refractivity contribution in [3.8, 4) is 0 Å². The minimum atomic E-state index is -1.69. The van der Waals surface area contributed by atoms with Crippen LogP contribution in [0.25, 0.3) is 0 Å². The monoisotopic (exact) mass is 320 g/mol. The number of hydrogen-bond acceptors (Lipinski definition) is 4. The topological polar surface area (TPSA) is 76.7 Å². The van der Waals surface area contributed by atoms with Crippen molar-refractivity contribution in [2.45, 2.75) is 0 Å². The van der Waals surface area contributed by atoms with Gasteiger partial charge in [-0.15, -0.1) is 0 Å². The molecule has 1 aromatic rings. The highest BCUT2D eigenvalue weighted by molar-refractivity contribution is 5.94. The van der Waals surface area contributed by atoms with E-state index in [1.54, 1.807) is 0 Å². The number of amides is 2. The van der Waals surface area contributed by atoms with Gasteiger partial charge in [0.1, 0.15) is 6.61 Å². The molecular weight excluding hydrogens is 305 g/mol. The Morgan fingerprint density at radius 3 is 2.50 bits per heavy atom. The summed E-state index contributed by atoms with van der Waals surface area (Å²) in [6, 6.07) is 1.55. The van der Waals surface area contributed by atoms with Crippen LogP contribution in [0, 0.1) is 17.5 Å². The molecule has 0 bridgehead atoms. The van der Waals surface area contributed by atoms with Gasteiger partial charge in [0, 0.05) is 7.11 Å². The molecule has 0 aliphatic carbocycles. The van der Waals surface area contributed by atoms with Crippen molar-refractivity contribution in [3.05, 3.63) is 29.6 Å². The molecule has 0 unspecified atom stereocenters. The zero-order valence-electron chi connectivity index (χ0n) is 11.8. The molecule has 0 radical (unpaired) electrons. The second-order valence-corrected chi connectivity index (χ2v) is 4.09. The van der Waals surface area contributed by atoms with Crippen LogP contribution in [0.4, 0.5) is 18.9 Å². The normalized spacial score (nSPS) is 10.4. The van der Waals surface area contributed by atoms with Crippen molar-refractivity contribution in [1.82, 2.24) is 5.32 Å². The molecule has 6 nitrogen and oxygen atoms in total. The Hall–Kier alpha value is -2.13. The SMILES string of the molecule is COCCOCC(=O)NCC(=O)Nc1ccc(F)c(F)c1F. The highest BCUT2D eigenvalue weighted by Gasteiger charge is 2.15. The van der Waals surface area contributed by atoms with Crippen molar-refractivity contribution < 1.29 is 32.2 Å². The lowest BCUT2D eigenvalue weighted by Crippen LogP contribution is -2.35. The summed E-state index contributed by atoms with van der Waals surface area (Å²) in [5.41, 5.74) is -0.519. The second-order valence-electron chi connectivity index (χ2n) is 4.09. The van der Waals surface area contributed by atoms with Gasteiger partial charge in [-0.3, -0.25) is 9.59 Å². The smallest absolute Gasteiger partial charge is 0.246 e. The summed E-state index contributed by atoms with van der Waals surface area (Å²) in [4.78, 5) is 22.8. The Morgan fingerprint density at radius 2 is 1.82 bits per heavy atom. The lowest BCUT2D eigenvalue weighted by Gasteiger charge is -2.08. The average molecular weight is 320 g/mol. The van der Waals surface area contributed by atoms with Crippen molar-refractivity contribution in [3.63, 3.8) is 0 Å². The summed E-state index contributed by atoms with van der Waals surface area (Å²) in [5.74, 6) is -5.92. The van der Waals surface area contributed by atoms with E-state index in [-0.39, 0.29) is 13.2 Å². The van der Waals surface area contributed by atoms with Gasteiger partial charge in [0.05, 0.1) is 25.4 Å². The van der Waals surface area contributed by atoms with Crippen molar-refractivity contribution in [2.75, 3.05) is 38.8 Å². The van der Waals surface area contributed by atoms with E-state index in [2.05, 4.69) is 5.32 Å². The number of nitrogens with one attached hydrogen (secondary N) is 2. The molecule has 0 saturated carbocycles. The standard InChI is InChI=1S/C13H15F3N2O4/c1-21-4-5-22-7-11(20)17-6-10(19)18-9-3-2-8(14)12(15)13(9)16/h2-3H,4-7H2,1H3,(H,17,20)(H,18,19). The molecule has 0 aliphatic heterocycles. The number of ether oxygens (including phenoxy) is 2. The third-order valence-electron chi connectivity index (χ3n) is 2.42. The van der Waals surface area contributed by atoms with Crippen LogP contribution in [0.3, 0.4) is 0 Å². The fourth-order valence-corrected chi connectivity index (χ4v) is 1.35. The Bertz CT molecular complexity index is 540. The van der Waals surface area contributed by atoms with E-state index in [1.807, 2.05) is 5.32 Å². The number of benzene rings is 1. The maximum absolute atomic E-state index is 13.3. The van der Waals surface area contributed by atoms with E-state index >= 15 is 0 Å². The van der Waals surface area contributed by atoms with Gasteiger partial charge >= 0.3 is 0 Å². The number of anilines is 1. The summed E-state index contributed by atoms with van der Waals surface area (Å²) in [5, 5.41) is 4.23. The molecule has 22 heavy (non-hydrogen) atoms. The zero-order chi connectivity index (χ0) is 16.5. The van der Waals surface area contributed by atoms with Gasteiger partial charge < -0.3 is 20.1 Å². The summed E-state index contributed by atoms with van der Waals surface area (Å²) in [6.45, 7) is -0.194. The molecule has 0 aliphatic rings. The van der Waals surface area contributed by atoms with Crippen LogP contribution >= 0.6 is 0 Å². The highest BCUT2D eigenvalue weighted by atomic mass is 19.2. The molecule has 0 aromatic heterocycles. The maximum atomic E-state index is 13.3. The first-order chi connectivity index (χ1) is 10.5. The Labute approximate surface area is 124 Å². The van der Waals surface area contributed by atoms with E-state index in [0.717, 1.165) is 6.07 Å². The lowest BCUT2D eigenvalue weighted by molar-refractivity contribution is -0.128. The average Bonchev–Trinajstić information content (AvgIpc) is 2.50. The fraction of sp³-hybridized carbons (Fsp3) is 0.385. The summed E-state index contributed by atoms with van der Waals surface area (Å²) < 4.78 is 48.6. The van der Waals surface area contributed by atoms with Gasteiger partial charge in [0.25, 0.3) is 0 Å². The number of hydrogen-bond donors (Lipinski definition) is 2. The molecule has 1 aromatic carbocycles. The molecule has 9 heteroatoms. The minimum absolute atomic E-state index is 0.218. The van der Waals surface area contributed by atoms with Crippen molar-refractivity contribution in [2.24, 2.45) is 0 Å². The summed E-state index contributed by atoms with van der Waals surface area (Å²) in [7, 11) is 1.48. The van der Waals surface area contributed by atoms with E-state index in [4.69, 9.17) is 9.47 Å². The minimum Gasteiger partial charge on any atom is -0.382 e. The summed E-state index contributed by atoms with van der Waals surface area (Å²) >= 11 is 0. The predicted octanol–water partition coefficient (Wildman–Crippen LogP) is 0.822. The fourth-order valence-electron chi connectivity index (χ4n) is 1.35. The van der Waals surface area contributed by atoms with E-state index in [9.17, 15) is 22.8 Å². The van der Waals surface area contributed by atoms with Crippen molar-refractivity contribution >= 4 is 17.5 Å². The first-order valence-electron chi connectivity index (χ1n) is 6.22. The molecule has 2 N–H and O–H groups in total. The highest BCUT2D eigenvalue weighted by Crippen LogP contribution is 2.19. The number of halogens is 3.